The van der Waals surface area contributed by atoms with Crippen molar-refractivity contribution in [1.82, 2.24) is 5.32 Å². The van der Waals surface area contributed by atoms with Crippen LogP contribution in [-0.4, -0.2) is 24.8 Å². The van der Waals surface area contributed by atoms with E-state index >= 15 is 0 Å². The van der Waals surface area contributed by atoms with Gasteiger partial charge in [0.05, 0.1) is 12.9 Å². The summed E-state index contributed by atoms with van der Waals surface area (Å²) in [5.41, 5.74) is 0. The van der Waals surface area contributed by atoms with E-state index in [9.17, 15) is 4.79 Å². The Bertz CT molecular complexity index is 439. The zero-order valence-corrected chi connectivity index (χ0v) is 13.7. The van der Waals surface area contributed by atoms with Gasteiger partial charge < -0.3 is 10.1 Å². The molecule has 1 aromatic rings. The van der Waals surface area contributed by atoms with Crippen LogP contribution in [0.3, 0.4) is 0 Å². The van der Waals surface area contributed by atoms with Crippen LogP contribution in [0.15, 0.2) is 29.2 Å². The molecule has 1 amide bonds. The van der Waals surface area contributed by atoms with Crippen LogP contribution < -0.4 is 10.1 Å². The van der Waals surface area contributed by atoms with Gasteiger partial charge in [0.2, 0.25) is 5.91 Å². The second-order valence-corrected chi connectivity index (χ2v) is 6.71. The number of nitrogens with one attached hydrogen (secondary N) is 1. The molecule has 0 radical (unpaired) electrons. The molecule has 1 N–H and O–H groups in total. The summed E-state index contributed by atoms with van der Waals surface area (Å²) in [7, 11) is 1.66. The van der Waals surface area contributed by atoms with Crippen LogP contribution in [0.5, 0.6) is 5.75 Å². The van der Waals surface area contributed by atoms with Crippen LogP contribution in [0, 0.1) is 5.92 Å². The molecule has 1 saturated carbocycles. The van der Waals surface area contributed by atoms with Gasteiger partial charge in [-0.2, -0.15) is 0 Å². The Kier molecular flexibility index (Phi) is 6.43. The first-order valence-electron chi connectivity index (χ1n) is 7.77. The fourth-order valence-corrected chi connectivity index (χ4v) is 3.51. The summed E-state index contributed by atoms with van der Waals surface area (Å²) in [6.45, 7) is 2.26. The zero-order chi connectivity index (χ0) is 15.1. The van der Waals surface area contributed by atoms with Crippen molar-refractivity contribution in [3.8, 4) is 5.75 Å². The third-order valence-electron chi connectivity index (χ3n) is 4.22. The molecule has 0 saturated heterocycles. The van der Waals surface area contributed by atoms with E-state index in [4.69, 9.17) is 4.74 Å². The zero-order valence-electron chi connectivity index (χ0n) is 12.9. The van der Waals surface area contributed by atoms with Gasteiger partial charge in [-0.15, -0.1) is 11.8 Å². The molecule has 4 heteroatoms. The Labute approximate surface area is 131 Å². The predicted octanol–water partition coefficient (Wildman–Crippen LogP) is 3.87. The molecule has 0 heterocycles. The van der Waals surface area contributed by atoms with Crippen molar-refractivity contribution < 1.29 is 9.53 Å². The minimum Gasteiger partial charge on any atom is -0.497 e. The molecule has 21 heavy (non-hydrogen) atoms. The van der Waals surface area contributed by atoms with Gasteiger partial charge in [0.25, 0.3) is 0 Å². The first-order valence-corrected chi connectivity index (χ1v) is 8.76. The molecule has 0 spiro atoms. The van der Waals surface area contributed by atoms with E-state index in [1.807, 2.05) is 24.3 Å². The molecular formula is C17H25NO2S. The number of thioether (sulfide) groups is 1. The summed E-state index contributed by atoms with van der Waals surface area (Å²) in [5.74, 6) is 2.35. The molecule has 0 atom stereocenters. The van der Waals surface area contributed by atoms with E-state index in [-0.39, 0.29) is 5.91 Å². The van der Waals surface area contributed by atoms with Crippen LogP contribution in [0.2, 0.25) is 0 Å². The average molecular weight is 307 g/mol. The minimum atomic E-state index is 0.149. The van der Waals surface area contributed by atoms with Crippen molar-refractivity contribution in [3.05, 3.63) is 24.3 Å². The second kappa shape index (κ2) is 8.32. The van der Waals surface area contributed by atoms with E-state index in [0.29, 0.717) is 11.8 Å². The lowest BCUT2D eigenvalue weighted by atomic mass is 9.84. The first kappa shape index (κ1) is 16.2. The molecular weight excluding hydrogens is 282 g/mol. The SMILES string of the molecule is CCC1CCC(NC(=O)CSc2ccc(OC)cc2)CC1. The van der Waals surface area contributed by atoms with Crippen LogP contribution in [0.4, 0.5) is 0 Å². The summed E-state index contributed by atoms with van der Waals surface area (Å²) < 4.78 is 5.12. The fourth-order valence-electron chi connectivity index (χ4n) is 2.81. The Morgan fingerprint density at radius 1 is 1.24 bits per heavy atom. The number of amides is 1. The normalized spacial score (nSPS) is 21.8. The van der Waals surface area contributed by atoms with Crippen LogP contribution >= 0.6 is 11.8 Å². The standard InChI is InChI=1S/C17H25NO2S/c1-3-13-4-6-14(7-5-13)18-17(19)12-21-16-10-8-15(20-2)9-11-16/h8-11,13-14H,3-7,12H2,1-2H3,(H,18,19). The average Bonchev–Trinajstić information content (AvgIpc) is 2.54. The Morgan fingerprint density at radius 3 is 2.48 bits per heavy atom. The summed E-state index contributed by atoms with van der Waals surface area (Å²) in [4.78, 5) is 13.1. The van der Waals surface area contributed by atoms with Crippen LogP contribution in [0.1, 0.15) is 39.0 Å². The number of hydrogen-bond donors (Lipinski definition) is 1. The molecule has 2 rings (SSSR count). The summed E-state index contributed by atoms with van der Waals surface area (Å²) in [6, 6.07) is 8.21. The fraction of sp³-hybridized carbons (Fsp3) is 0.588. The molecule has 0 aromatic heterocycles. The third kappa shape index (κ3) is 5.27. The van der Waals surface area contributed by atoms with Gasteiger partial charge in [0, 0.05) is 10.9 Å². The van der Waals surface area contributed by atoms with Crippen molar-refractivity contribution in [2.75, 3.05) is 12.9 Å². The molecule has 0 aliphatic heterocycles. The number of ether oxygens (including phenoxy) is 1. The number of carbonyl (C=O) groups is 1. The highest BCUT2D eigenvalue weighted by Gasteiger charge is 2.21. The lowest BCUT2D eigenvalue weighted by molar-refractivity contribution is -0.119. The van der Waals surface area contributed by atoms with Gasteiger partial charge in [-0.1, -0.05) is 13.3 Å². The number of benzene rings is 1. The minimum absolute atomic E-state index is 0.149. The lowest BCUT2D eigenvalue weighted by Crippen LogP contribution is -2.38. The Hall–Kier alpha value is -1.16. The maximum atomic E-state index is 12.0. The molecule has 3 nitrogen and oxygen atoms in total. The van der Waals surface area contributed by atoms with Gasteiger partial charge >= 0.3 is 0 Å². The van der Waals surface area contributed by atoms with E-state index in [1.165, 1.54) is 19.3 Å². The predicted molar refractivity (Wildman–Crippen MR) is 87.9 cm³/mol. The smallest absolute Gasteiger partial charge is 0.230 e. The molecule has 0 bridgehead atoms. The van der Waals surface area contributed by atoms with Crippen molar-refractivity contribution >= 4 is 17.7 Å². The Balaban J connectivity index is 1.69. The molecule has 1 aromatic carbocycles. The molecule has 0 unspecified atom stereocenters. The molecule has 1 aliphatic rings. The second-order valence-electron chi connectivity index (χ2n) is 5.66. The van der Waals surface area contributed by atoms with Crippen molar-refractivity contribution in [2.24, 2.45) is 5.92 Å². The van der Waals surface area contributed by atoms with Crippen molar-refractivity contribution in [1.29, 1.82) is 0 Å². The molecule has 1 aliphatic carbocycles. The van der Waals surface area contributed by atoms with E-state index < -0.39 is 0 Å². The van der Waals surface area contributed by atoms with Gasteiger partial charge in [-0.05, 0) is 55.9 Å². The van der Waals surface area contributed by atoms with E-state index in [2.05, 4.69) is 12.2 Å². The summed E-state index contributed by atoms with van der Waals surface area (Å²) in [6.07, 6.45) is 6.06. The maximum absolute atomic E-state index is 12.0. The number of methoxy groups -OCH3 is 1. The highest BCUT2D eigenvalue weighted by Crippen LogP contribution is 2.26. The number of hydrogen-bond acceptors (Lipinski definition) is 3. The topological polar surface area (TPSA) is 38.3 Å². The molecule has 1 fully saturated rings. The van der Waals surface area contributed by atoms with E-state index in [0.717, 1.165) is 29.4 Å². The highest BCUT2D eigenvalue weighted by atomic mass is 32.2. The summed E-state index contributed by atoms with van der Waals surface area (Å²) in [5, 5.41) is 3.17. The number of carbonyl (C=O) groups excluding carboxylic acids is 1. The van der Waals surface area contributed by atoms with Crippen molar-refractivity contribution in [2.45, 2.75) is 50.0 Å². The highest BCUT2D eigenvalue weighted by molar-refractivity contribution is 8.00. The first-order chi connectivity index (χ1) is 10.2. The largest absolute Gasteiger partial charge is 0.497 e. The lowest BCUT2D eigenvalue weighted by Gasteiger charge is -2.28. The third-order valence-corrected chi connectivity index (χ3v) is 5.23. The number of rotatable bonds is 6. The van der Waals surface area contributed by atoms with Gasteiger partial charge in [0.15, 0.2) is 0 Å². The van der Waals surface area contributed by atoms with Gasteiger partial charge in [-0.25, -0.2) is 0 Å². The summed E-state index contributed by atoms with van der Waals surface area (Å²) >= 11 is 1.57. The Morgan fingerprint density at radius 2 is 1.90 bits per heavy atom. The van der Waals surface area contributed by atoms with Crippen LogP contribution in [-0.2, 0) is 4.79 Å². The van der Waals surface area contributed by atoms with E-state index in [1.54, 1.807) is 18.9 Å². The van der Waals surface area contributed by atoms with Gasteiger partial charge in [-0.3, -0.25) is 4.79 Å². The molecule has 116 valence electrons. The monoisotopic (exact) mass is 307 g/mol. The van der Waals surface area contributed by atoms with Gasteiger partial charge in [0.1, 0.15) is 5.75 Å². The maximum Gasteiger partial charge on any atom is 0.230 e. The quantitative estimate of drug-likeness (QED) is 0.811. The van der Waals surface area contributed by atoms with Crippen LogP contribution in [0.25, 0.3) is 0 Å². The van der Waals surface area contributed by atoms with Crippen molar-refractivity contribution in [3.63, 3.8) is 0 Å².